The number of carbonyl (C=O) groups excluding carboxylic acids is 2. The topological polar surface area (TPSA) is 314 Å². The second-order valence-corrected chi connectivity index (χ2v) is 26.7. The van der Waals surface area contributed by atoms with E-state index in [1.54, 1.807) is 35.2 Å². The number of rotatable bonds is 19. The van der Waals surface area contributed by atoms with Gasteiger partial charge in [0.05, 0.1) is 67.0 Å². The van der Waals surface area contributed by atoms with Gasteiger partial charge in [-0.2, -0.15) is 0 Å². The summed E-state index contributed by atoms with van der Waals surface area (Å²) in [6.07, 6.45) is -11.6. The van der Waals surface area contributed by atoms with E-state index in [2.05, 4.69) is 6.92 Å². The van der Waals surface area contributed by atoms with Gasteiger partial charge >= 0.3 is 5.97 Å². The Bertz CT molecular complexity index is 2390. The molecule has 0 unspecified atom stereocenters. The Morgan fingerprint density at radius 3 is 1.55 bits per heavy atom. The second kappa shape index (κ2) is 26.8. The first-order valence-electron chi connectivity index (χ1n) is 31.1. The quantitative estimate of drug-likeness (QED) is 0.0555. The molecule has 8 fully saturated rings. The van der Waals surface area contributed by atoms with Crippen molar-refractivity contribution in [1.82, 2.24) is 0 Å². The molecule has 0 aromatic carbocycles. The molecule has 9 rings (SSSR count). The van der Waals surface area contributed by atoms with Gasteiger partial charge in [0.2, 0.25) is 0 Å². The summed E-state index contributed by atoms with van der Waals surface area (Å²) in [5.74, 6) is -1.67. The zero-order chi connectivity index (χ0) is 62.7. The smallest absolute Gasteiger partial charge is 0.330 e. The number of ether oxygens (including phenoxy) is 15. The molecule has 24 heteroatoms. The van der Waals surface area contributed by atoms with Crippen molar-refractivity contribution in [3.63, 3.8) is 0 Å². The molecule has 24 nitrogen and oxygen atoms in total. The Kier molecular flexibility index (Phi) is 21.2. The van der Waals surface area contributed by atoms with Crippen LogP contribution < -0.4 is 0 Å². The summed E-state index contributed by atoms with van der Waals surface area (Å²) in [7, 11) is 6.35. The molecule has 0 amide bonds. The average Bonchev–Trinajstić information content (AvgIpc) is 1.34. The maximum atomic E-state index is 13.6. The number of aliphatic hydroxyl groups excluding tert-OH is 4. The normalized spacial score (nSPS) is 50.0. The van der Waals surface area contributed by atoms with E-state index in [1.807, 2.05) is 47.6 Å². The van der Waals surface area contributed by atoms with Gasteiger partial charge in [0.15, 0.2) is 37.2 Å². The van der Waals surface area contributed by atoms with Crippen molar-refractivity contribution in [2.24, 2.45) is 22.7 Å². The molecule has 0 spiro atoms. The fourth-order valence-corrected chi connectivity index (χ4v) is 16.1. The van der Waals surface area contributed by atoms with E-state index < -0.39 is 187 Å². The number of hydrogen-bond acceptors (Lipinski definition) is 24. The number of ketones is 1. The van der Waals surface area contributed by atoms with Crippen molar-refractivity contribution < 1.29 is 116 Å². The molecule has 5 aliphatic heterocycles. The van der Waals surface area contributed by atoms with E-state index in [4.69, 9.17) is 71.1 Å². The zero-order valence-electron chi connectivity index (χ0n) is 52.6. The molecule has 5 saturated heterocycles. The van der Waals surface area contributed by atoms with Gasteiger partial charge in [0.1, 0.15) is 71.7 Å². The average molecular weight is 1230 g/mol. The Balaban J connectivity index is 0.779. The minimum atomic E-state index is -2.04. The van der Waals surface area contributed by atoms with Crippen LogP contribution in [0.15, 0.2) is 23.3 Å². The van der Waals surface area contributed by atoms with E-state index in [-0.39, 0.29) is 44.1 Å². The van der Waals surface area contributed by atoms with E-state index >= 15 is 0 Å². The van der Waals surface area contributed by atoms with Crippen molar-refractivity contribution in [1.29, 1.82) is 0 Å². The lowest BCUT2D eigenvalue weighted by atomic mass is 9.42. The number of carbonyl (C=O) groups is 2. The summed E-state index contributed by atoms with van der Waals surface area (Å²) in [5.41, 5.74) is -6.22. The number of allylic oxidation sites excluding steroid dienone is 1. The maximum absolute atomic E-state index is 13.6. The number of fused-ring (bicyclic) bond motifs is 5. The minimum absolute atomic E-state index is 0.0490. The van der Waals surface area contributed by atoms with Crippen molar-refractivity contribution in [3.05, 3.63) is 23.3 Å². The van der Waals surface area contributed by atoms with Crippen LogP contribution in [0.5, 0.6) is 0 Å². The van der Waals surface area contributed by atoms with Gasteiger partial charge in [0.25, 0.3) is 0 Å². The lowest BCUT2D eigenvalue weighted by molar-refractivity contribution is -0.358. The first-order chi connectivity index (χ1) is 40.5. The molecule has 9 aliphatic rings. The van der Waals surface area contributed by atoms with E-state index in [0.29, 0.717) is 38.5 Å². The Morgan fingerprint density at radius 2 is 1.10 bits per heavy atom. The van der Waals surface area contributed by atoms with Crippen molar-refractivity contribution in [3.8, 4) is 0 Å². The van der Waals surface area contributed by atoms with Crippen molar-refractivity contribution in [2.45, 2.75) is 298 Å². The van der Waals surface area contributed by atoms with Gasteiger partial charge in [-0.25, -0.2) is 4.79 Å². The number of aliphatic hydroxyl groups is 7. The Morgan fingerprint density at radius 1 is 0.640 bits per heavy atom. The summed E-state index contributed by atoms with van der Waals surface area (Å²) in [5, 5.41) is 79.0. The van der Waals surface area contributed by atoms with Gasteiger partial charge in [-0.05, 0) is 105 Å². The van der Waals surface area contributed by atoms with Gasteiger partial charge in [-0.1, -0.05) is 38.0 Å². The van der Waals surface area contributed by atoms with Crippen LogP contribution in [0, 0.1) is 22.7 Å². The van der Waals surface area contributed by atoms with Crippen LogP contribution in [0.2, 0.25) is 0 Å². The van der Waals surface area contributed by atoms with Crippen LogP contribution in [0.3, 0.4) is 0 Å². The monoisotopic (exact) mass is 1230 g/mol. The molecule has 0 aromatic heterocycles. The molecule has 0 radical (unpaired) electrons. The van der Waals surface area contributed by atoms with E-state index in [0.717, 1.165) is 11.1 Å². The summed E-state index contributed by atoms with van der Waals surface area (Å²) in [6, 6.07) is 0. The highest BCUT2D eigenvalue weighted by atomic mass is 16.8. The number of hydrogen-bond donors (Lipinski definition) is 7. The number of methoxy groups -OCH3 is 4. The molecule has 0 bridgehead atoms. The summed E-state index contributed by atoms with van der Waals surface area (Å²) < 4.78 is 94.3. The van der Waals surface area contributed by atoms with E-state index in [9.17, 15) is 45.3 Å². The molecule has 86 heavy (non-hydrogen) atoms. The first-order valence-corrected chi connectivity index (χ1v) is 31.1. The van der Waals surface area contributed by atoms with Crippen molar-refractivity contribution >= 4 is 11.8 Å². The summed E-state index contributed by atoms with van der Waals surface area (Å²) in [4.78, 5) is 27.0. The third-order valence-electron chi connectivity index (χ3n) is 21.7. The first kappa shape index (κ1) is 68.2. The van der Waals surface area contributed by atoms with Gasteiger partial charge in [0, 0.05) is 66.1 Å². The molecule has 5 heterocycles. The van der Waals surface area contributed by atoms with Crippen LogP contribution in [0.25, 0.3) is 0 Å². The van der Waals surface area contributed by atoms with Crippen LogP contribution in [-0.2, 0) is 80.6 Å². The lowest BCUT2D eigenvalue weighted by Crippen LogP contribution is -2.78. The minimum Gasteiger partial charge on any atom is -0.458 e. The highest BCUT2D eigenvalue weighted by Crippen LogP contribution is 2.71. The highest BCUT2D eigenvalue weighted by Gasteiger charge is 2.81. The van der Waals surface area contributed by atoms with Gasteiger partial charge in [-0.3, -0.25) is 4.79 Å². The van der Waals surface area contributed by atoms with E-state index in [1.165, 1.54) is 20.1 Å². The Hall–Kier alpha value is -2.22. The standard InChI is InChI=1S/C62H100O24/c1-29(2)30(3)21-45(65)82-44-27-43-58(9)17-16-37(22-36(58)15-18-61(43,70)62(71)20-19-60(69,35(8)64)59(44,62)10)80-46-23-38(72-11)53(31(4)76-46)83-47-24-39(73-12)54(32(5)77-47)84-48-25-40(74-13)55(33(6)78-48)85-49-26-41(75-14)56(34(7)79-49)86-57-52(68)51(67)50(66)42(28-63)81-57/h15,21,29,31-34,37-44,46-57,63,66-71H,16-20,22-28H2,1-14H3/b30-21+/t31-,32-,33-,34+,37+,38+,39+,40-,41-,42-,43-,44-,46+,47+,48+,49+,50-,51+,52-,53-,54-,55-,56+,57+,58+,59-,60-,61+,62-/m1/s1. The SMILES string of the molecule is CO[C@H]1C[C@H](O[C@H]2CC[C@@]3(C)C(=CC[C@]4(O)[C@@H]3C[C@@H](OC(=O)/C=C(\C)C(C)C)[C@@]3(C)[C@]4(O)CC[C@@]3(O)C(C)=O)C2)O[C@H](C)[C@H]1O[C@H]1C[C@H](OC)[C@H](O[C@H]2C[C@@H](OC)[C@H](O[C@H]3C[C@@H](OC)[C@@H](O[C@@H]4O[C@H](CO)[C@@H](O)[C@H](O)[C@H]4O)[C@H](C)O3)[C@@H](C)O2)[C@@H](C)O1. The van der Waals surface area contributed by atoms with Crippen LogP contribution in [0.1, 0.15) is 140 Å². The molecule has 4 aliphatic carbocycles. The molecular weight excluding hydrogens is 1130 g/mol. The largest absolute Gasteiger partial charge is 0.458 e. The lowest BCUT2D eigenvalue weighted by Gasteiger charge is -2.67. The molecule has 492 valence electrons. The number of Topliss-reactive ketones (excluding diaryl/α,β-unsaturated/α-hetero) is 1. The molecular formula is C62H100O24. The van der Waals surface area contributed by atoms with Crippen LogP contribution >= 0.6 is 0 Å². The Labute approximate surface area is 505 Å². The van der Waals surface area contributed by atoms with Crippen LogP contribution in [-0.4, -0.2) is 241 Å². The zero-order valence-corrected chi connectivity index (χ0v) is 52.6. The highest BCUT2D eigenvalue weighted by molar-refractivity contribution is 5.87. The molecule has 3 saturated carbocycles. The fraction of sp³-hybridized carbons (Fsp3) is 0.903. The van der Waals surface area contributed by atoms with Crippen molar-refractivity contribution in [2.75, 3.05) is 35.0 Å². The summed E-state index contributed by atoms with van der Waals surface area (Å²) in [6.45, 7) is 17.6. The predicted molar refractivity (Wildman–Crippen MR) is 301 cm³/mol. The fourth-order valence-electron chi connectivity index (χ4n) is 16.1. The third kappa shape index (κ3) is 12.4. The maximum Gasteiger partial charge on any atom is 0.330 e. The molecule has 29 atom stereocenters. The molecule has 0 aromatic rings. The third-order valence-corrected chi connectivity index (χ3v) is 21.7. The number of esters is 1. The summed E-state index contributed by atoms with van der Waals surface area (Å²) >= 11 is 0. The molecule has 7 N–H and O–H groups in total. The predicted octanol–water partition coefficient (Wildman–Crippen LogP) is 2.95. The van der Waals surface area contributed by atoms with Gasteiger partial charge < -0.3 is 107 Å². The van der Waals surface area contributed by atoms with Crippen LogP contribution in [0.4, 0.5) is 0 Å². The second-order valence-electron chi connectivity index (χ2n) is 26.7. The van der Waals surface area contributed by atoms with Gasteiger partial charge in [-0.15, -0.1) is 0 Å².